The fraction of sp³-hybridized carbons (Fsp3) is 0.111. The Hall–Kier alpha value is -2.22. The van der Waals surface area contributed by atoms with Crippen LogP contribution in [0.3, 0.4) is 0 Å². The van der Waals surface area contributed by atoms with Crippen molar-refractivity contribution in [3.05, 3.63) is 64.0 Å². The molecule has 0 aliphatic rings. The summed E-state index contributed by atoms with van der Waals surface area (Å²) in [5.74, 6) is -0.509. The molecule has 0 bridgehead atoms. The highest BCUT2D eigenvalue weighted by atomic mass is 35.5. The number of carbonyl (C=O) groups is 1. The van der Waals surface area contributed by atoms with Crippen molar-refractivity contribution in [3.8, 4) is 11.3 Å². The molecule has 0 aliphatic heterocycles. The van der Waals surface area contributed by atoms with Crippen molar-refractivity contribution in [2.24, 2.45) is 0 Å². The van der Waals surface area contributed by atoms with Gasteiger partial charge in [0.2, 0.25) is 0 Å². The van der Waals surface area contributed by atoms with Crippen LogP contribution in [0.15, 0.2) is 52.7 Å². The number of hydrogen-bond acceptors (Lipinski definition) is 5. The molecule has 0 spiro atoms. The molecule has 5 nitrogen and oxygen atoms in total. The lowest BCUT2D eigenvalue weighted by atomic mass is 10.1. The maximum Gasteiger partial charge on any atom is 0.259 e. The third-order valence-corrected chi connectivity index (χ3v) is 5.88. The summed E-state index contributed by atoms with van der Waals surface area (Å²) in [4.78, 5) is 16.9. The first-order valence-electron chi connectivity index (χ1n) is 7.57. The Morgan fingerprint density at radius 2 is 1.85 bits per heavy atom. The molecule has 3 rings (SSSR count). The number of sulfone groups is 1. The number of amides is 1. The zero-order valence-corrected chi connectivity index (χ0v) is 16.4. The van der Waals surface area contributed by atoms with E-state index in [-0.39, 0.29) is 15.5 Å². The van der Waals surface area contributed by atoms with Crippen molar-refractivity contribution in [3.63, 3.8) is 0 Å². The van der Waals surface area contributed by atoms with Gasteiger partial charge in [-0.15, -0.1) is 11.3 Å². The molecule has 26 heavy (non-hydrogen) atoms. The molecule has 0 radical (unpaired) electrons. The van der Waals surface area contributed by atoms with Gasteiger partial charge in [-0.25, -0.2) is 13.4 Å². The van der Waals surface area contributed by atoms with Gasteiger partial charge in [0.25, 0.3) is 5.91 Å². The number of anilines is 1. The molecule has 0 saturated carbocycles. The van der Waals surface area contributed by atoms with Gasteiger partial charge in [0, 0.05) is 17.2 Å². The minimum absolute atomic E-state index is 0.0338. The summed E-state index contributed by atoms with van der Waals surface area (Å²) in [6, 6.07) is 11.9. The molecular formula is C18H15ClN2O3S2. The summed E-state index contributed by atoms with van der Waals surface area (Å²) in [6.07, 6.45) is 1.08. The molecule has 1 heterocycles. The first-order valence-corrected chi connectivity index (χ1v) is 10.7. The number of nitrogens with one attached hydrogen (secondary N) is 1. The summed E-state index contributed by atoms with van der Waals surface area (Å²) < 4.78 is 23.4. The molecule has 2 aromatic carbocycles. The van der Waals surface area contributed by atoms with Crippen LogP contribution in [0.5, 0.6) is 0 Å². The van der Waals surface area contributed by atoms with Gasteiger partial charge < -0.3 is 0 Å². The highest BCUT2D eigenvalue weighted by Gasteiger charge is 2.17. The summed E-state index contributed by atoms with van der Waals surface area (Å²) in [7, 11) is -3.44. The standard InChI is InChI=1S/C18H15ClN2O3S2/c1-11-3-5-12(6-4-11)16-10-25-18(20-16)21-17(22)14-9-13(26(2,23)24)7-8-15(14)19/h3-10H,1-2H3,(H,20,21,22). The first-order chi connectivity index (χ1) is 12.2. The van der Waals surface area contributed by atoms with Crippen molar-refractivity contribution < 1.29 is 13.2 Å². The highest BCUT2D eigenvalue weighted by Crippen LogP contribution is 2.27. The summed E-state index contributed by atoms with van der Waals surface area (Å²) in [5.41, 5.74) is 2.94. The van der Waals surface area contributed by atoms with E-state index in [0.717, 1.165) is 23.1 Å². The minimum atomic E-state index is -3.44. The molecule has 3 aromatic rings. The van der Waals surface area contributed by atoms with Crippen molar-refractivity contribution in [1.29, 1.82) is 0 Å². The Morgan fingerprint density at radius 3 is 2.50 bits per heavy atom. The Morgan fingerprint density at radius 1 is 1.15 bits per heavy atom. The predicted molar refractivity (Wildman–Crippen MR) is 105 cm³/mol. The van der Waals surface area contributed by atoms with E-state index >= 15 is 0 Å². The molecule has 0 aliphatic carbocycles. The quantitative estimate of drug-likeness (QED) is 0.695. The Kier molecular flexibility index (Phi) is 5.13. The zero-order chi connectivity index (χ0) is 18.9. The van der Waals surface area contributed by atoms with E-state index in [4.69, 9.17) is 11.6 Å². The number of halogens is 1. The van der Waals surface area contributed by atoms with Gasteiger partial charge in [-0.2, -0.15) is 0 Å². The van der Waals surface area contributed by atoms with E-state index < -0.39 is 15.7 Å². The lowest BCUT2D eigenvalue weighted by molar-refractivity contribution is 0.102. The topological polar surface area (TPSA) is 76.1 Å². The number of hydrogen-bond donors (Lipinski definition) is 1. The van der Waals surface area contributed by atoms with E-state index in [1.165, 1.54) is 29.5 Å². The van der Waals surface area contributed by atoms with E-state index in [1.807, 2.05) is 36.6 Å². The Bertz CT molecular complexity index is 1070. The molecule has 1 aromatic heterocycles. The van der Waals surface area contributed by atoms with Gasteiger partial charge in [0.05, 0.1) is 21.2 Å². The number of aryl methyl sites for hydroxylation is 1. The maximum absolute atomic E-state index is 12.5. The van der Waals surface area contributed by atoms with E-state index in [0.29, 0.717) is 5.13 Å². The van der Waals surface area contributed by atoms with Crippen LogP contribution in [-0.4, -0.2) is 25.6 Å². The third kappa shape index (κ3) is 4.12. The predicted octanol–water partition coefficient (Wildman–Crippen LogP) is 4.43. The molecule has 0 atom stereocenters. The molecule has 0 unspecified atom stereocenters. The van der Waals surface area contributed by atoms with Crippen molar-refractivity contribution >= 4 is 43.8 Å². The van der Waals surface area contributed by atoms with Crippen LogP contribution in [-0.2, 0) is 9.84 Å². The van der Waals surface area contributed by atoms with Crippen LogP contribution < -0.4 is 5.32 Å². The second kappa shape index (κ2) is 7.19. The van der Waals surface area contributed by atoms with Crippen LogP contribution in [0, 0.1) is 6.92 Å². The molecule has 0 fully saturated rings. The van der Waals surface area contributed by atoms with Crippen molar-refractivity contribution in [2.45, 2.75) is 11.8 Å². The second-order valence-corrected chi connectivity index (χ2v) is 9.05. The smallest absolute Gasteiger partial charge is 0.259 e. The molecule has 0 saturated heterocycles. The second-order valence-electron chi connectivity index (χ2n) is 5.77. The third-order valence-electron chi connectivity index (χ3n) is 3.68. The summed E-state index contributed by atoms with van der Waals surface area (Å²) in [6.45, 7) is 2.00. The van der Waals surface area contributed by atoms with Gasteiger partial charge >= 0.3 is 0 Å². The number of nitrogens with zero attached hydrogens (tertiary/aromatic N) is 1. The molecular weight excluding hydrogens is 392 g/mol. The van der Waals surface area contributed by atoms with Crippen LogP contribution in [0.1, 0.15) is 15.9 Å². The fourth-order valence-electron chi connectivity index (χ4n) is 2.26. The number of aromatic nitrogens is 1. The number of rotatable bonds is 4. The summed E-state index contributed by atoms with van der Waals surface area (Å²) in [5, 5.41) is 5.09. The maximum atomic E-state index is 12.5. The highest BCUT2D eigenvalue weighted by molar-refractivity contribution is 7.90. The number of thiazole rings is 1. The molecule has 1 N–H and O–H groups in total. The average molecular weight is 407 g/mol. The first kappa shape index (κ1) is 18.6. The van der Waals surface area contributed by atoms with E-state index in [9.17, 15) is 13.2 Å². The molecule has 1 amide bonds. The zero-order valence-electron chi connectivity index (χ0n) is 14.0. The summed E-state index contributed by atoms with van der Waals surface area (Å²) >= 11 is 7.33. The largest absolute Gasteiger partial charge is 0.298 e. The monoisotopic (exact) mass is 406 g/mol. The minimum Gasteiger partial charge on any atom is -0.298 e. The molecule has 8 heteroatoms. The normalized spacial score (nSPS) is 11.3. The van der Waals surface area contributed by atoms with Gasteiger partial charge in [0.1, 0.15) is 0 Å². The fourth-order valence-corrected chi connectivity index (χ4v) is 3.83. The van der Waals surface area contributed by atoms with Crippen molar-refractivity contribution in [1.82, 2.24) is 4.98 Å². The van der Waals surface area contributed by atoms with Crippen molar-refractivity contribution in [2.75, 3.05) is 11.6 Å². The lowest BCUT2D eigenvalue weighted by Crippen LogP contribution is -2.13. The SMILES string of the molecule is Cc1ccc(-c2csc(NC(=O)c3cc(S(C)(=O)=O)ccc3Cl)n2)cc1. The number of benzene rings is 2. The van der Waals surface area contributed by atoms with Crippen LogP contribution in [0.25, 0.3) is 11.3 Å². The van der Waals surface area contributed by atoms with Crippen LogP contribution >= 0.6 is 22.9 Å². The van der Waals surface area contributed by atoms with Gasteiger partial charge in [-0.3, -0.25) is 10.1 Å². The average Bonchev–Trinajstić information content (AvgIpc) is 3.03. The number of carbonyl (C=O) groups excluding carboxylic acids is 1. The van der Waals surface area contributed by atoms with E-state index in [1.54, 1.807) is 0 Å². The van der Waals surface area contributed by atoms with E-state index in [2.05, 4.69) is 10.3 Å². The van der Waals surface area contributed by atoms with Gasteiger partial charge in [0.15, 0.2) is 15.0 Å². The van der Waals surface area contributed by atoms with Gasteiger partial charge in [-0.1, -0.05) is 41.4 Å². The van der Waals surface area contributed by atoms with Crippen LogP contribution in [0.4, 0.5) is 5.13 Å². The Balaban J connectivity index is 1.84. The Labute approximate surface area is 160 Å². The lowest BCUT2D eigenvalue weighted by Gasteiger charge is -2.06. The van der Waals surface area contributed by atoms with Gasteiger partial charge in [-0.05, 0) is 25.1 Å². The van der Waals surface area contributed by atoms with Crippen LogP contribution in [0.2, 0.25) is 5.02 Å². The molecule has 134 valence electrons.